The van der Waals surface area contributed by atoms with E-state index >= 15 is 0 Å². The van der Waals surface area contributed by atoms with Crippen molar-refractivity contribution in [2.24, 2.45) is 18.7 Å². The smallest absolute Gasteiger partial charge is 0.348 e. The fraction of sp³-hybridized carbons (Fsp3) is 0.500. The van der Waals surface area contributed by atoms with Gasteiger partial charge in [0.1, 0.15) is 5.82 Å². The molecule has 1 aromatic carbocycles. The zero-order chi connectivity index (χ0) is 18.1. The third-order valence-corrected chi connectivity index (χ3v) is 4.28. The number of hydrogen-bond acceptors (Lipinski definition) is 3. The number of nitrogens with one attached hydrogen (secondary N) is 1. The van der Waals surface area contributed by atoms with Gasteiger partial charge in [0.05, 0.1) is 29.2 Å². The molecule has 2 rings (SSSR count). The summed E-state index contributed by atoms with van der Waals surface area (Å²) in [7, 11) is 1.69. The second-order valence-electron chi connectivity index (χ2n) is 5.92. The number of aromatic nitrogens is 2. The van der Waals surface area contributed by atoms with Crippen LogP contribution in [-0.2, 0) is 24.6 Å². The molecule has 24 heavy (non-hydrogen) atoms. The Balaban J connectivity index is 2.18. The molecule has 0 aliphatic rings. The van der Waals surface area contributed by atoms with Crippen LogP contribution in [0.1, 0.15) is 31.7 Å². The van der Waals surface area contributed by atoms with Crippen molar-refractivity contribution in [1.29, 1.82) is 0 Å². The first kappa shape index (κ1) is 18.3. The maximum atomic E-state index is 12.8. The van der Waals surface area contributed by atoms with Crippen molar-refractivity contribution in [3.05, 3.63) is 29.6 Å². The number of nitrogens with two attached hydrogens (primary N) is 1. The fourth-order valence-electron chi connectivity index (χ4n) is 2.38. The minimum Gasteiger partial charge on any atom is -0.348 e. The fourth-order valence-corrected chi connectivity index (χ4v) is 2.38. The molecule has 0 saturated carbocycles. The van der Waals surface area contributed by atoms with Crippen molar-refractivity contribution in [3.8, 4) is 0 Å². The van der Waals surface area contributed by atoms with E-state index in [0.717, 1.165) is 18.6 Å². The van der Waals surface area contributed by atoms with Gasteiger partial charge in [0.2, 0.25) is 5.91 Å². The summed E-state index contributed by atoms with van der Waals surface area (Å²) in [5, 5.41) is 2.69. The van der Waals surface area contributed by atoms with E-state index in [2.05, 4.69) is 10.3 Å². The number of nitrogens with zero attached hydrogens (tertiary/aromatic N) is 2. The van der Waals surface area contributed by atoms with Gasteiger partial charge in [-0.15, -0.1) is 0 Å². The normalized spacial score (nSPS) is 14.6. The number of benzene rings is 1. The van der Waals surface area contributed by atoms with Crippen LogP contribution < -0.4 is 11.1 Å². The highest BCUT2D eigenvalue weighted by atomic mass is 19.4. The monoisotopic (exact) mass is 342 g/mol. The lowest BCUT2D eigenvalue weighted by Gasteiger charge is -2.17. The molecule has 0 aliphatic heterocycles. The Hall–Kier alpha value is -2.09. The summed E-state index contributed by atoms with van der Waals surface area (Å²) in [6, 6.07) is 2.78. The van der Waals surface area contributed by atoms with E-state index in [1.54, 1.807) is 11.6 Å². The lowest BCUT2D eigenvalue weighted by atomic mass is 9.99. The predicted molar refractivity (Wildman–Crippen MR) is 85.0 cm³/mol. The third-order valence-electron chi connectivity index (χ3n) is 4.28. The zero-order valence-corrected chi connectivity index (χ0v) is 13.8. The lowest BCUT2D eigenvalue weighted by Crippen LogP contribution is -2.44. The number of fused-ring (bicyclic) bond motifs is 1. The van der Waals surface area contributed by atoms with Crippen LogP contribution >= 0.6 is 0 Å². The maximum absolute atomic E-state index is 12.8. The number of alkyl halides is 3. The molecule has 0 unspecified atom stereocenters. The second kappa shape index (κ2) is 6.80. The van der Waals surface area contributed by atoms with Crippen LogP contribution in [-0.4, -0.2) is 21.5 Å². The molecule has 0 spiro atoms. The van der Waals surface area contributed by atoms with Crippen molar-refractivity contribution in [3.63, 3.8) is 0 Å². The zero-order valence-electron chi connectivity index (χ0n) is 13.8. The van der Waals surface area contributed by atoms with E-state index in [0.29, 0.717) is 11.3 Å². The summed E-state index contributed by atoms with van der Waals surface area (Å²) >= 11 is 0. The van der Waals surface area contributed by atoms with E-state index < -0.39 is 17.8 Å². The third kappa shape index (κ3) is 3.69. The summed E-state index contributed by atoms with van der Waals surface area (Å²) in [6.45, 7) is 3.94. The number of carbonyl (C=O) groups is 1. The predicted octanol–water partition coefficient (Wildman–Crippen LogP) is 2.58. The van der Waals surface area contributed by atoms with Crippen LogP contribution in [0.5, 0.6) is 0 Å². The summed E-state index contributed by atoms with van der Waals surface area (Å²) in [5.74, 6) is 0.209. The molecule has 1 heterocycles. The number of amides is 1. The highest BCUT2D eigenvalue weighted by molar-refractivity contribution is 5.82. The molecule has 5 nitrogen and oxygen atoms in total. The van der Waals surface area contributed by atoms with Gasteiger partial charge in [-0.3, -0.25) is 4.79 Å². The van der Waals surface area contributed by atoms with E-state index in [1.165, 1.54) is 6.07 Å². The van der Waals surface area contributed by atoms with Gasteiger partial charge in [0, 0.05) is 7.05 Å². The van der Waals surface area contributed by atoms with Crippen LogP contribution in [0.25, 0.3) is 11.0 Å². The molecule has 0 aliphatic carbocycles. The standard InChI is InChI=1S/C16H21F3N4O/c1-4-9(2)14(20)15(24)21-8-13-22-11-7-10(16(17,18)19)5-6-12(11)23(13)3/h5-7,9,14H,4,8,20H2,1-3H3,(H,21,24)/t9-,14-/m0/s1. The van der Waals surface area contributed by atoms with Crippen molar-refractivity contribution in [2.45, 2.75) is 39.0 Å². The Morgan fingerprint density at radius 2 is 2.08 bits per heavy atom. The topological polar surface area (TPSA) is 72.9 Å². The Bertz CT molecular complexity index is 739. The minimum absolute atomic E-state index is 0.0415. The molecule has 2 atom stereocenters. The summed E-state index contributed by atoms with van der Waals surface area (Å²) in [6.07, 6.45) is -3.63. The van der Waals surface area contributed by atoms with Crippen molar-refractivity contribution >= 4 is 16.9 Å². The highest BCUT2D eigenvalue weighted by Crippen LogP contribution is 2.31. The average Bonchev–Trinajstić information content (AvgIpc) is 2.86. The van der Waals surface area contributed by atoms with Crippen molar-refractivity contribution in [2.75, 3.05) is 0 Å². The number of carbonyl (C=O) groups excluding carboxylic acids is 1. The van der Waals surface area contributed by atoms with Gasteiger partial charge in [-0.05, 0) is 24.1 Å². The van der Waals surface area contributed by atoms with E-state index in [4.69, 9.17) is 5.73 Å². The van der Waals surface area contributed by atoms with Gasteiger partial charge in [0.25, 0.3) is 0 Å². The molecule has 0 radical (unpaired) electrons. The SMILES string of the molecule is CC[C@H](C)[C@H](N)C(=O)NCc1nc2cc(C(F)(F)F)ccc2n1C. The molecule has 0 saturated heterocycles. The Kier molecular flexibility index (Phi) is 5.17. The average molecular weight is 342 g/mol. The molecular weight excluding hydrogens is 321 g/mol. The summed E-state index contributed by atoms with van der Waals surface area (Å²) in [4.78, 5) is 16.2. The van der Waals surface area contributed by atoms with Gasteiger partial charge in [-0.1, -0.05) is 20.3 Å². The minimum atomic E-state index is -4.41. The number of hydrogen-bond donors (Lipinski definition) is 2. The molecule has 1 amide bonds. The molecule has 2 aromatic rings. The van der Waals surface area contributed by atoms with Gasteiger partial charge >= 0.3 is 6.18 Å². The van der Waals surface area contributed by atoms with Gasteiger partial charge in [0.15, 0.2) is 0 Å². The molecule has 0 bridgehead atoms. The second-order valence-corrected chi connectivity index (χ2v) is 5.92. The van der Waals surface area contributed by atoms with Crippen molar-refractivity contribution in [1.82, 2.24) is 14.9 Å². The Labute approximate surface area is 138 Å². The van der Waals surface area contributed by atoms with Crippen LogP contribution in [0, 0.1) is 5.92 Å². The Morgan fingerprint density at radius 1 is 1.42 bits per heavy atom. The summed E-state index contributed by atoms with van der Waals surface area (Å²) < 4.78 is 40.0. The van der Waals surface area contributed by atoms with Gasteiger partial charge in [-0.25, -0.2) is 4.98 Å². The van der Waals surface area contributed by atoms with Gasteiger partial charge in [-0.2, -0.15) is 13.2 Å². The molecule has 132 valence electrons. The number of aryl methyl sites for hydroxylation is 1. The van der Waals surface area contributed by atoms with E-state index in [1.807, 2.05) is 13.8 Å². The number of halogens is 3. The summed E-state index contributed by atoms with van der Waals surface area (Å²) in [5.41, 5.74) is 5.91. The largest absolute Gasteiger partial charge is 0.416 e. The van der Waals surface area contributed by atoms with Crippen LogP contribution in [0.3, 0.4) is 0 Å². The van der Waals surface area contributed by atoms with E-state index in [9.17, 15) is 18.0 Å². The first-order valence-corrected chi connectivity index (χ1v) is 7.71. The quantitative estimate of drug-likeness (QED) is 0.877. The molecular formula is C16H21F3N4O. The van der Waals surface area contributed by atoms with E-state index in [-0.39, 0.29) is 23.9 Å². The molecule has 1 aromatic heterocycles. The van der Waals surface area contributed by atoms with Gasteiger partial charge < -0.3 is 15.6 Å². The van der Waals surface area contributed by atoms with Crippen LogP contribution in [0.4, 0.5) is 13.2 Å². The maximum Gasteiger partial charge on any atom is 0.416 e. The first-order valence-electron chi connectivity index (χ1n) is 7.71. The van der Waals surface area contributed by atoms with Crippen LogP contribution in [0.15, 0.2) is 18.2 Å². The first-order chi connectivity index (χ1) is 11.1. The van der Waals surface area contributed by atoms with Crippen LogP contribution in [0.2, 0.25) is 0 Å². The molecule has 8 heteroatoms. The number of rotatable bonds is 5. The molecule has 0 fully saturated rings. The number of imidazole rings is 1. The van der Waals surface area contributed by atoms with Crippen molar-refractivity contribution < 1.29 is 18.0 Å². The Morgan fingerprint density at radius 3 is 2.67 bits per heavy atom. The highest BCUT2D eigenvalue weighted by Gasteiger charge is 2.31. The lowest BCUT2D eigenvalue weighted by molar-refractivity contribution is -0.137. The molecule has 3 N–H and O–H groups in total.